The summed E-state index contributed by atoms with van der Waals surface area (Å²) in [5.41, 5.74) is 2.23. The van der Waals surface area contributed by atoms with Gasteiger partial charge in [0.25, 0.3) is 5.91 Å². The topological polar surface area (TPSA) is 29.5 Å². The maximum absolute atomic E-state index is 12.1. The van der Waals surface area contributed by atoms with E-state index in [2.05, 4.69) is 13.0 Å². The van der Waals surface area contributed by atoms with Crippen molar-refractivity contribution < 1.29 is 9.53 Å². The number of rotatable bonds is 3. The molecule has 1 atom stereocenters. The Bertz CT molecular complexity index is 456. The van der Waals surface area contributed by atoms with Crippen LogP contribution in [-0.2, 0) is 4.79 Å². The molecule has 1 aliphatic heterocycles. The molecule has 0 radical (unpaired) electrons. The second kappa shape index (κ2) is 6.09. The summed E-state index contributed by atoms with van der Waals surface area (Å²) in [5, 5.41) is 0. The fourth-order valence-electron chi connectivity index (χ4n) is 2.51. The van der Waals surface area contributed by atoms with Crippen molar-refractivity contribution >= 4 is 5.91 Å². The van der Waals surface area contributed by atoms with Crippen LogP contribution in [0.4, 0.5) is 0 Å². The molecule has 3 heteroatoms. The summed E-state index contributed by atoms with van der Waals surface area (Å²) in [6.07, 6.45) is 2.33. The van der Waals surface area contributed by atoms with Crippen LogP contribution in [0, 0.1) is 19.8 Å². The van der Waals surface area contributed by atoms with Crippen LogP contribution in [0.25, 0.3) is 0 Å². The molecule has 104 valence electrons. The molecule has 0 saturated carbocycles. The summed E-state index contributed by atoms with van der Waals surface area (Å²) in [7, 11) is 0. The fraction of sp³-hybridized carbons (Fsp3) is 0.562. The number of likely N-dealkylation sites (tertiary alicyclic amines) is 1. The maximum Gasteiger partial charge on any atom is 0.260 e. The summed E-state index contributed by atoms with van der Waals surface area (Å²) in [6.45, 7) is 8.12. The highest BCUT2D eigenvalue weighted by atomic mass is 16.5. The first-order chi connectivity index (χ1) is 9.06. The van der Waals surface area contributed by atoms with Crippen molar-refractivity contribution in [1.82, 2.24) is 4.90 Å². The van der Waals surface area contributed by atoms with E-state index in [1.54, 1.807) is 0 Å². The van der Waals surface area contributed by atoms with Gasteiger partial charge in [-0.25, -0.2) is 0 Å². The smallest absolute Gasteiger partial charge is 0.260 e. The SMILES string of the molecule is Cc1ccc(C)c(OCC(=O)N2CCCC(C)C2)c1. The first-order valence-corrected chi connectivity index (χ1v) is 7.04. The number of aryl methyl sites for hydroxylation is 2. The quantitative estimate of drug-likeness (QED) is 0.837. The Hall–Kier alpha value is -1.51. The predicted molar refractivity (Wildman–Crippen MR) is 76.4 cm³/mol. The highest BCUT2D eigenvalue weighted by Crippen LogP contribution is 2.20. The summed E-state index contributed by atoms with van der Waals surface area (Å²) >= 11 is 0. The largest absolute Gasteiger partial charge is 0.483 e. The van der Waals surface area contributed by atoms with Crippen molar-refractivity contribution in [3.05, 3.63) is 29.3 Å². The van der Waals surface area contributed by atoms with E-state index >= 15 is 0 Å². The third kappa shape index (κ3) is 3.72. The van der Waals surface area contributed by atoms with Gasteiger partial charge in [-0.15, -0.1) is 0 Å². The predicted octanol–water partition coefficient (Wildman–Crippen LogP) is 2.94. The molecule has 1 aromatic carbocycles. The molecule has 0 aromatic heterocycles. The number of hydrogen-bond donors (Lipinski definition) is 0. The van der Waals surface area contributed by atoms with Gasteiger partial charge in [0, 0.05) is 13.1 Å². The van der Waals surface area contributed by atoms with Gasteiger partial charge in [-0.05, 0) is 49.8 Å². The minimum atomic E-state index is 0.104. The molecule has 1 amide bonds. The molecule has 1 fully saturated rings. The zero-order valence-electron chi connectivity index (χ0n) is 12.1. The van der Waals surface area contributed by atoms with Gasteiger partial charge in [0.2, 0.25) is 0 Å². The van der Waals surface area contributed by atoms with Gasteiger partial charge in [-0.2, -0.15) is 0 Å². The molecule has 0 aliphatic carbocycles. The molecule has 1 heterocycles. The van der Waals surface area contributed by atoms with Gasteiger partial charge in [0.05, 0.1) is 0 Å². The number of nitrogens with zero attached hydrogens (tertiary/aromatic N) is 1. The first-order valence-electron chi connectivity index (χ1n) is 7.04. The van der Waals surface area contributed by atoms with Gasteiger partial charge in [-0.1, -0.05) is 19.1 Å². The standard InChI is InChI=1S/C16H23NO2/c1-12-6-7-14(3)15(9-12)19-11-16(18)17-8-4-5-13(2)10-17/h6-7,9,13H,4-5,8,10-11H2,1-3H3. The molecule has 19 heavy (non-hydrogen) atoms. The number of carbonyl (C=O) groups excluding carboxylic acids is 1. The Morgan fingerprint density at radius 3 is 2.95 bits per heavy atom. The fourth-order valence-corrected chi connectivity index (χ4v) is 2.51. The number of hydrogen-bond acceptors (Lipinski definition) is 2. The molecule has 0 spiro atoms. The number of benzene rings is 1. The minimum absolute atomic E-state index is 0.104. The first kappa shape index (κ1) is 13.9. The molecular formula is C16H23NO2. The Labute approximate surface area is 115 Å². The number of amides is 1. The summed E-state index contributed by atoms with van der Waals surface area (Å²) < 4.78 is 5.68. The van der Waals surface area contributed by atoms with Crippen molar-refractivity contribution in [3.8, 4) is 5.75 Å². The van der Waals surface area contributed by atoms with E-state index in [9.17, 15) is 4.79 Å². The lowest BCUT2D eigenvalue weighted by Crippen LogP contribution is -2.41. The normalized spacial score (nSPS) is 19.3. The van der Waals surface area contributed by atoms with E-state index in [0.29, 0.717) is 5.92 Å². The maximum atomic E-state index is 12.1. The van der Waals surface area contributed by atoms with E-state index in [-0.39, 0.29) is 12.5 Å². The second-order valence-electron chi connectivity index (χ2n) is 5.64. The van der Waals surface area contributed by atoms with Gasteiger partial charge in [0.1, 0.15) is 5.75 Å². The van der Waals surface area contributed by atoms with Crippen LogP contribution in [0.3, 0.4) is 0 Å². The van der Waals surface area contributed by atoms with Gasteiger partial charge in [0.15, 0.2) is 6.61 Å². The Kier molecular flexibility index (Phi) is 4.46. The van der Waals surface area contributed by atoms with Crippen LogP contribution in [-0.4, -0.2) is 30.5 Å². The van der Waals surface area contributed by atoms with Gasteiger partial charge < -0.3 is 9.64 Å². The van der Waals surface area contributed by atoms with E-state index in [1.165, 1.54) is 6.42 Å². The van der Waals surface area contributed by atoms with Crippen LogP contribution >= 0.6 is 0 Å². The number of carbonyl (C=O) groups is 1. The molecule has 1 aliphatic rings. The molecule has 0 N–H and O–H groups in total. The number of piperidine rings is 1. The molecule has 2 rings (SSSR count). The summed E-state index contributed by atoms with van der Waals surface area (Å²) in [5.74, 6) is 1.53. The van der Waals surface area contributed by atoms with Crippen LogP contribution in [0.1, 0.15) is 30.9 Å². The Morgan fingerprint density at radius 1 is 1.42 bits per heavy atom. The molecule has 1 saturated heterocycles. The zero-order chi connectivity index (χ0) is 13.8. The summed E-state index contributed by atoms with van der Waals surface area (Å²) in [4.78, 5) is 14.0. The van der Waals surface area contributed by atoms with Crippen molar-refractivity contribution in [2.24, 2.45) is 5.92 Å². The van der Waals surface area contributed by atoms with Gasteiger partial charge >= 0.3 is 0 Å². The molecule has 3 nitrogen and oxygen atoms in total. The summed E-state index contributed by atoms with van der Waals surface area (Å²) in [6, 6.07) is 6.07. The lowest BCUT2D eigenvalue weighted by atomic mass is 10.0. The van der Waals surface area contributed by atoms with Gasteiger partial charge in [-0.3, -0.25) is 4.79 Å². The van der Waals surface area contributed by atoms with Crippen molar-refractivity contribution in [1.29, 1.82) is 0 Å². The highest BCUT2D eigenvalue weighted by Gasteiger charge is 2.21. The molecule has 1 aromatic rings. The zero-order valence-corrected chi connectivity index (χ0v) is 12.1. The van der Waals surface area contributed by atoms with Crippen molar-refractivity contribution in [3.63, 3.8) is 0 Å². The van der Waals surface area contributed by atoms with Crippen molar-refractivity contribution in [2.75, 3.05) is 19.7 Å². The third-order valence-electron chi connectivity index (χ3n) is 3.70. The third-order valence-corrected chi connectivity index (χ3v) is 3.70. The monoisotopic (exact) mass is 261 g/mol. The van der Waals surface area contributed by atoms with Crippen molar-refractivity contribution in [2.45, 2.75) is 33.6 Å². The van der Waals surface area contributed by atoms with E-state index in [4.69, 9.17) is 4.74 Å². The van der Waals surface area contributed by atoms with Crippen LogP contribution < -0.4 is 4.74 Å². The number of ether oxygens (including phenoxy) is 1. The average molecular weight is 261 g/mol. The van der Waals surface area contributed by atoms with E-state index < -0.39 is 0 Å². The lowest BCUT2D eigenvalue weighted by Gasteiger charge is -2.30. The molecular weight excluding hydrogens is 238 g/mol. The second-order valence-corrected chi connectivity index (χ2v) is 5.64. The van der Waals surface area contributed by atoms with Crippen LogP contribution in [0.2, 0.25) is 0 Å². The molecule has 1 unspecified atom stereocenters. The van der Waals surface area contributed by atoms with E-state index in [0.717, 1.165) is 36.4 Å². The minimum Gasteiger partial charge on any atom is -0.483 e. The van der Waals surface area contributed by atoms with Crippen LogP contribution in [0.15, 0.2) is 18.2 Å². The van der Waals surface area contributed by atoms with E-state index in [1.807, 2.05) is 30.9 Å². The average Bonchev–Trinajstić information content (AvgIpc) is 2.39. The molecule has 0 bridgehead atoms. The highest BCUT2D eigenvalue weighted by molar-refractivity contribution is 5.77. The van der Waals surface area contributed by atoms with Crippen LogP contribution in [0.5, 0.6) is 5.75 Å². The Balaban J connectivity index is 1.91. The Morgan fingerprint density at radius 2 is 2.21 bits per heavy atom. The lowest BCUT2D eigenvalue weighted by molar-refractivity contribution is -0.135.